The number of carbonyl (C=O) groups excluding carboxylic acids is 3. The van der Waals surface area contributed by atoms with Crippen LogP contribution in [0.15, 0.2) is 30.4 Å². The first-order valence-corrected chi connectivity index (χ1v) is 8.05. The largest absolute Gasteiger partial charge is 0.272 e. The van der Waals surface area contributed by atoms with Crippen LogP contribution in [0.2, 0.25) is 10.0 Å². The summed E-state index contributed by atoms with van der Waals surface area (Å²) >= 11 is 11.7. The molecule has 0 unspecified atom stereocenters. The van der Waals surface area contributed by atoms with Gasteiger partial charge in [-0.05, 0) is 36.5 Å². The van der Waals surface area contributed by atoms with Gasteiger partial charge < -0.3 is 0 Å². The number of halogens is 2. The zero-order chi connectivity index (χ0) is 16.3. The molecule has 1 heterocycles. The number of fused-ring (bicyclic) bond motifs is 5. The summed E-state index contributed by atoms with van der Waals surface area (Å²) in [4.78, 5) is 37.2. The highest BCUT2D eigenvalue weighted by atomic mass is 35.5. The van der Waals surface area contributed by atoms with E-state index in [9.17, 15) is 14.4 Å². The third-order valence-corrected chi connectivity index (χ3v) is 5.60. The number of hydrogen-bond donors (Lipinski definition) is 1. The van der Waals surface area contributed by atoms with Crippen molar-refractivity contribution in [1.29, 1.82) is 0 Å². The minimum Gasteiger partial charge on any atom is -0.272 e. The lowest BCUT2D eigenvalue weighted by molar-refractivity contribution is -0.143. The van der Waals surface area contributed by atoms with E-state index in [1.807, 2.05) is 12.2 Å². The van der Waals surface area contributed by atoms with Crippen LogP contribution in [0.5, 0.6) is 0 Å². The van der Waals surface area contributed by atoms with Crippen molar-refractivity contribution in [2.75, 3.05) is 0 Å². The maximum absolute atomic E-state index is 12.5. The van der Waals surface area contributed by atoms with E-state index in [-0.39, 0.29) is 46.1 Å². The summed E-state index contributed by atoms with van der Waals surface area (Å²) in [5, 5.41) is 1.43. The molecular weight excluding hydrogens is 339 g/mol. The van der Waals surface area contributed by atoms with Crippen LogP contribution < -0.4 is 5.43 Å². The predicted molar refractivity (Wildman–Crippen MR) is 83.5 cm³/mol. The van der Waals surface area contributed by atoms with Crippen LogP contribution >= 0.6 is 23.2 Å². The summed E-state index contributed by atoms with van der Waals surface area (Å²) in [6, 6.07) is 4.38. The predicted octanol–water partition coefficient (Wildman–Crippen LogP) is 2.45. The Kier molecular flexibility index (Phi) is 3.25. The van der Waals surface area contributed by atoms with Crippen LogP contribution in [-0.4, -0.2) is 22.7 Å². The number of hydrazine groups is 1. The molecule has 4 atom stereocenters. The molecule has 3 amide bonds. The minimum absolute atomic E-state index is 0.105. The van der Waals surface area contributed by atoms with Gasteiger partial charge in [0.2, 0.25) is 0 Å². The van der Waals surface area contributed by atoms with E-state index in [4.69, 9.17) is 23.2 Å². The zero-order valence-electron chi connectivity index (χ0n) is 11.8. The van der Waals surface area contributed by atoms with Gasteiger partial charge in [0, 0.05) is 5.56 Å². The van der Waals surface area contributed by atoms with E-state index < -0.39 is 5.91 Å². The first-order valence-electron chi connectivity index (χ1n) is 7.29. The Bertz CT molecular complexity index is 747. The number of benzene rings is 1. The fourth-order valence-electron chi connectivity index (χ4n) is 3.82. The molecule has 7 heteroatoms. The maximum atomic E-state index is 12.5. The molecule has 2 bridgehead atoms. The average Bonchev–Trinajstić information content (AvgIpc) is 3.19. The van der Waals surface area contributed by atoms with E-state index in [1.54, 1.807) is 0 Å². The number of rotatable bonds is 2. The van der Waals surface area contributed by atoms with Crippen molar-refractivity contribution in [2.45, 2.75) is 6.42 Å². The van der Waals surface area contributed by atoms with Crippen molar-refractivity contribution in [2.24, 2.45) is 23.7 Å². The van der Waals surface area contributed by atoms with Gasteiger partial charge >= 0.3 is 0 Å². The Balaban J connectivity index is 1.55. The van der Waals surface area contributed by atoms with Gasteiger partial charge in [0.1, 0.15) is 0 Å². The standard InChI is InChI=1S/C16H12Cl2N2O3/c17-10-4-3-9(6-11(10)18)14(21)19-20-15(22)12-7-1-2-8(5-7)13(12)16(20)23/h1-4,6-8,12-13H,5H2,(H,19,21)/t7-,8-,12-,13+/m0/s1. The minimum atomic E-state index is -0.564. The molecule has 1 aromatic rings. The van der Waals surface area contributed by atoms with Gasteiger partial charge in [0.25, 0.3) is 17.7 Å². The Labute approximate surface area is 142 Å². The molecule has 4 rings (SSSR count). The van der Waals surface area contributed by atoms with Crippen molar-refractivity contribution in [3.8, 4) is 0 Å². The van der Waals surface area contributed by atoms with Crippen LogP contribution in [-0.2, 0) is 9.59 Å². The van der Waals surface area contributed by atoms with Crippen molar-refractivity contribution in [1.82, 2.24) is 10.4 Å². The number of nitrogens with zero attached hydrogens (tertiary/aromatic N) is 1. The average molecular weight is 351 g/mol. The lowest BCUT2D eigenvalue weighted by atomic mass is 9.85. The molecule has 118 valence electrons. The fourth-order valence-corrected chi connectivity index (χ4v) is 4.11. The SMILES string of the molecule is O=C(NN1C(=O)[C@@H]2[C@H](C1=O)[C@H]1C=C[C@H]2C1)c1ccc(Cl)c(Cl)c1. The highest BCUT2D eigenvalue weighted by molar-refractivity contribution is 6.42. The van der Waals surface area contributed by atoms with E-state index in [0.717, 1.165) is 11.4 Å². The van der Waals surface area contributed by atoms with Crippen LogP contribution in [0.1, 0.15) is 16.8 Å². The molecule has 1 saturated carbocycles. The fraction of sp³-hybridized carbons (Fsp3) is 0.312. The third kappa shape index (κ3) is 2.11. The molecule has 0 radical (unpaired) electrons. The van der Waals surface area contributed by atoms with Gasteiger partial charge in [-0.1, -0.05) is 35.4 Å². The molecule has 1 saturated heterocycles. The highest BCUT2D eigenvalue weighted by Crippen LogP contribution is 2.52. The summed E-state index contributed by atoms with van der Waals surface area (Å²) in [5.74, 6) is -1.69. The maximum Gasteiger partial charge on any atom is 0.270 e. The molecule has 2 fully saturated rings. The lowest BCUT2D eigenvalue weighted by Gasteiger charge is -2.18. The summed E-state index contributed by atoms with van der Waals surface area (Å²) in [6.07, 6.45) is 4.85. The number of imide groups is 1. The second-order valence-corrected chi connectivity index (χ2v) is 6.90. The zero-order valence-corrected chi connectivity index (χ0v) is 13.3. The topological polar surface area (TPSA) is 66.5 Å². The second kappa shape index (κ2) is 5.08. The van der Waals surface area contributed by atoms with E-state index >= 15 is 0 Å². The van der Waals surface area contributed by atoms with Gasteiger partial charge in [-0.3, -0.25) is 19.8 Å². The summed E-state index contributed by atoms with van der Waals surface area (Å²) in [7, 11) is 0. The van der Waals surface area contributed by atoms with Gasteiger partial charge in [-0.15, -0.1) is 0 Å². The number of hydrogen-bond acceptors (Lipinski definition) is 3. The van der Waals surface area contributed by atoms with Gasteiger partial charge in [0.15, 0.2) is 0 Å². The van der Waals surface area contributed by atoms with Crippen LogP contribution in [0.3, 0.4) is 0 Å². The molecule has 2 aliphatic carbocycles. The number of nitrogens with one attached hydrogen (secondary N) is 1. The second-order valence-electron chi connectivity index (χ2n) is 6.08. The molecule has 1 N–H and O–H groups in total. The molecule has 3 aliphatic rings. The quantitative estimate of drug-likeness (QED) is 0.658. The van der Waals surface area contributed by atoms with Crippen molar-refractivity contribution in [3.05, 3.63) is 46.0 Å². The van der Waals surface area contributed by atoms with Crippen LogP contribution in [0.25, 0.3) is 0 Å². The molecule has 0 spiro atoms. The molecule has 1 aromatic carbocycles. The number of allylic oxidation sites excluding steroid dienone is 2. The summed E-state index contributed by atoms with van der Waals surface area (Å²) in [5.41, 5.74) is 2.64. The van der Waals surface area contributed by atoms with Gasteiger partial charge in [-0.2, -0.15) is 5.01 Å². The van der Waals surface area contributed by atoms with Crippen molar-refractivity contribution < 1.29 is 14.4 Å². The summed E-state index contributed by atoms with van der Waals surface area (Å²) in [6.45, 7) is 0. The smallest absolute Gasteiger partial charge is 0.270 e. The van der Waals surface area contributed by atoms with Gasteiger partial charge in [-0.25, -0.2) is 0 Å². The summed E-state index contributed by atoms with van der Waals surface area (Å²) < 4.78 is 0. The Morgan fingerprint density at radius 2 is 1.65 bits per heavy atom. The monoisotopic (exact) mass is 350 g/mol. The van der Waals surface area contributed by atoms with Gasteiger partial charge in [0.05, 0.1) is 21.9 Å². The number of amides is 3. The molecular formula is C16H12Cl2N2O3. The highest BCUT2D eigenvalue weighted by Gasteiger charge is 2.59. The molecule has 1 aliphatic heterocycles. The Morgan fingerprint density at radius 1 is 1.04 bits per heavy atom. The van der Waals surface area contributed by atoms with E-state index in [2.05, 4.69) is 5.43 Å². The van der Waals surface area contributed by atoms with Crippen LogP contribution in [0, 0.1) is 23.7 Å². The van der Waals surface area contributed by atoms with Crippen LogP contribution in [0.4, 0.5) is 0 Å². The molecule has 5 nitrogen and oxygen atoms in total. The molecule has 0 aromatic heterocycles. The van der Waals surface area contributed by atoms with Crippen molar-refractivity contribution >= 4 is 40.9 Å². The van der Waals surface area contributed by atoms with E-state index in [1.165, 1.54) is 18.2 Å². The first kappa shape index (κ1) is 14.7. The lowest BCUT2D eigenvalue weighted by Crippen LogP contribution is -2.47. The number of carbonyl (C=O) groups is 3. The molecule has 23 heavy (non-hydrogen) atoms. The Hall–Kier alpha value is -1.85. The Morgan fingerprint density at radius 3 is 2.22 bits per heavy atom. The van der Waals surface area contributed by atoms with E-state index in [0.29, 0.717) is 5.02 Å². The third-order valence-electron chi connectivity index (χ3n) is 4.87. The first-order chi connectivity index (χ1) is 11.0. The van der Waals surface area contributed by atoms with Crippen molar-refractivity contribution in [3.63, 3.8) is 0 Å². The normalized spacial score (nSPS) is 31.0.